The van der Waals surface area contributed by atoms with E-state index in [2.05, 4.69) is 11.0 Å². The van der Waals surface area contributed by atoms with Gasteiger partial charge in [-0.25, -0.2) is 8.42 Å². The van der Waals surface area contributed by atoms with Gasteiger partial charge >= 0.3 is 0 Å². The van der Waals surface area contributed by atoms with Gasteiger partial charge in [0.25, 0.3) is 0 Å². The summed E-state index contributed by atoms with van der Waals surface area (Å²) < 4.78 is 31.7. The van der Waals surface area contributed by atoms with Crippen molar-refractivity contribution in [2.45, 2.75) is 39.8 Å². The van der Waals surface area contributed by atoms with Crippen molar-refractivity contribution >= 4 is 10.0 Å². The summed E-state index contributed by atoms with van der Waals surface area (Å²) in [6.45, 7) is 9.43. The maximum Gasteiger partial charge on any atom is 0.214 e. The average Bonchev–Trinajstić information content (AvgIpc) is 2.49. The maximum absolute atomic E-state index is 12.1. The lowest BCUT2D eigenvalue weighted by atomic mass is 10.1. The van der Waals surface area contributed by atoms with E-state index in [-0.39, 0.29) is 11.9 Å². The predicted molar refractivity (Wildman–Crippen MR) is 93.1 cm³/mol. The highest BCUT2D eigenvalue weighted by atomic mass is 32.2. The van der Waals surface area contributed by atoms with E-state index in [1.807, 2.05) is 39.0 Å². The molecule has 130 valence electrons. The summed E-state index contributed by atoms with van der Waals surface area (Å²) in [4.78, 5) is 2.29. The van der Waals surface area contributed by atoms with E-state index in [0.717, 1.165) is 30.9 Å². The highest BCUT2D eigenvalue weighted by Gasteiger charge is 2.26. The minimum atomic E-state index is -3.07. The van der Waals surface area contributed by atoms with Crippen LogP contribution in [0.3, 0.4) is 0 Å². The first kappa shape index (κ1) is 18.2. The molecule has 0 aliphatic carbocycles. The van der Waals surface area contributed by atoms with E-state index in [4.69, 9.17) is 4.74 Å². The summed E-state index contributed by atoms with van der Waals surface area (Å²) >= 11 is 0. The quantitative estimate of drug-likeness (QED) is 0.764. The van der Waals surface area contributed by atoms with Crippen LogP contribution in [0.1, 0.15) is 32.8 Å². The van der Waals surface area contributed by atoms with Crippen LogP contribution < -0.4 is 4.74 Å². The Morgan fingerprint density at radius 2 is 1.78 bits per heavy atom. The van der Waals surface area contributed by atoms with E-state index < -0.39 is 10.0 Å². The fourth-order valence-corrected chi connectivity index (χ4v) is 4.29. The summed E-state index contributed by atoms with van der Waals surface area (Å²) in [7, 11) is -3.07. The molecule has 6 heteroatoms. The molecule has 2 rings (SSSR count). The molecule has 1 saturated heterocycles. The lowest BCUT2D eigenvalue weighted by molar-refractivity contribution is 0.176. The van der Waals surface area contributed by atoms with E-state index in [9.17, 15) is 8.42 Å². The molecule has 0 atom stereocenters. The van der Waals surface area contributed by atoms with Gasteiger partial charge in [-0.3, -0.25) is 4.90 Å². The van der Waals surface area contributed by atoms with Gasteiger partial charge < -0.3 is 4.74 Å². The summed E-state index contributed by atoms with van der Waals surface area (Å²) in [5.74, 6) is 1.17. The van der Waals surface area contributed by atoms with Gasteiger partial charge in [-0.2, -0.15) is 4.31 Å². The smallest absolute Gasteiger partial charge is 0.214 e. The molecule has 0 aromatic heterocycles. The molecule has 1 fully saturated rings. The van der Waals surface area contributed by atoms with Gasteiger partial charge in [0.2, 0.25) is 10.0 Å². The van der Waals surface area contributed by atoms with Crippen LogP contribution in [0.25, 0.3) is 0 Å². The van der Waals surface area contributed by atoms with Crippen molar-refractivity contribution in [3.05, 3.63) is 29.8 Å². The minimum Gasteiger partial charge on any atom is -0.491 e. The van der Waals surface area contributed by atoms with Crippen molar-refractivity contribution in [1.29, 1.82) is 0 Å². The molecule has 1 aromatic rings. The third kappa shape index (κ3) is 5.19. The summed E-state index contributed by atoms with van der Waals surface area (Å²) in [5.41, 5.74) is 1.16. The predicted octanol–water partition coefficient (Wildman–Crippen LogP) is 2.33. The Balaban J connectivity index is 1.95. The molecule has 0 N–H and O–H groups in total. The SMILES string of the molecule is CCCS(=O)(=O)N1CCN(Cc2ccccc2OC(C)C)CC1. The Labute approximate surface area is 140 Å². The monoisotopic (exact) mass is 340 g/mol. The summed E-state index contributed by atoms with van der Waals surface area (Å²) in [6.07, 6.45) is 0.815. The van der Waals surface area contributed by atoms with E-state index in [1.54, 1.807) is 4.31 Å². The van der Waals surface area contributed by atoms with Crippen LogP contribution in [0, 0.1) is 0 Å². The second-order valence-corrected chi connectivity index (χ2v) is 8.35. The highest BCUT2D eigenvalue weighted by molar-refractivity contribution is 7.89. The van der Waals surface area contributed by atoms with Crippen LogP contribution in [-0.4, -0.2) is 55.7 Å². The van der Waals surface area contributed by atoms with Crippen LogP contribution in [-0.2, 0) is 16.6 Å². The van der Waals surface area contributed by atoms with Crippen LogP contribution in [0.5, 0.6) is 5.75 Å². The zero-order valence-corrected chi connectivity index (χ0v) is 15.2. The Bertz CT molecular complexity index is 594. The number of rotatable bonds is 7. The first-order chi connectivity index (χ1) is 10.9. The maximum atomic E-state index is 12.1. The van der Waals surface area contributed by atoms with Crippen molar-refractivity contribution in [1.82, 2.24) is 9.21 Å². The number of nitrogens with zero attached hydrogens (tertiary/aromatic N) is 2. The van der Waals surface area contributed by atoms with Gasteiger partial charge in [-0.1, -0.05) is 25.1 Å². The molecular formula is C17H28N2O3S. The number of piperazine rings is 1. The Morgan fingerprint density at radius 3 is 2.39 bits per heavy atom. The lowest BCUT2D eigenvalue weighted by Crippen LogP contribution is -2.48. The number of hydrogen-bond acceptors (Lipinski definition) is 4. The normalized spacial score (nSPS) is 17.6. The van der Waals surface area contributed by atoms with Gasteiger partial charge in [0, 0.05) is 38.3 Å². The molecule has 1 heterocycles. The van der Waals surface area contributed by atoms with Crippen molar-refractivity contribution < 1.29 is 13.2 Å². The van der Waals surface area contributed by atoms with Crippen molar-refractivity contribution in [2.75, 3.05) is 31.9 Å². The van der Waals surface area contributed by atoms with Crippen LogP contribution in [0.4, 0.5) is 0 Å². The van der Waals surface area contributed by atoms with Gasteiger partial charge in [0.15, 0.2) is 0 Å². The van der Waals surface area contributed by atoms with Crippen LogP contribution in [0.2, 0.25) is 0 Å². The third-order valence-electron chi connectivity index (χ3n) is 3.92. The molecule has 0 amide bonds. The zero-order valence-electron chi connectivity index (χ0n) is 14.4. The highest BCUT2D eigenvalue weighted by Crippen LogP contribution is 2.22. The molecule has 1 aliphatic heterocycles. The largest absolute Gasteiger partial charge is 0.491 e. The molecular weight excluding hydrogens is 312 g/mol. The number of benzene rings is 1. The van der Waals surface area contributed by atoms with Crippen LogP contribution >= 0.6 is 0 Å². The van der Waals surface area contributed by atoms with Crippen molar-refractivity contribution in [2.24, 2.45) is 0 Å². The Kier molecular flexibility index (Phi) is 6.44. The first-order valence-electron chi connectivity index (χ1n) is 8.37. The molecule has 0 radical (unpaired) electrons. The topological polar surface area (TPSA) is 49.9 Å². The van der Waals surface area contributed by atoms with E-state index in [0.29, 0.717) is 19.5 Å². The number of hydrogen-bond donors (Lipinski definition) is 0. The number of ether oxygens (including phenoxy) is 1. The second-order valence-electron chi connectivity index (χ2n) is 6.27. The number of para-hydroxylation sites is 1. The zero-order chi connectivity index (χ0) is 16.9. The second kappa shape index (κ2) is 8.13. The van der Waals surface area contributed by atoms with Gasteiger partial charge in [-0.15, -0.1) is 0 Å². The Hall–Kier alpha value is -1.11. The molecule has 1 aromatic carbocycles. The van der Waals surface area contributed by atoms with Gasteiger partial charge in [0.1, 0.15) is 5.75 Å². The standard InChI is InChI=1S/C17H28N2O3S/c1-4-13-23(20,21)19-11-9-18(10-12-19)14-16-7-5-6-8-17(16)22-15(2)3/h5-8,15H,4,9-14H2,1-3H3. The van der Waals surface area contributed by atoms with Gasteiger partial charge in [-0.05, 0) is 26.3 Å². The molecule has 0 bridgehead atoms. The fourth-order valence-electron chi connectivity index (χ4n) is 2.80. The summed E-state index contributed by atoms with van der Waals surface area (Å²) in [5, 5.41) is 0. The van der Waals surface area contributed by atoms with Crippen molar-refractivity contribution in [3.63, 3.8) is 0 Å². The summed E-state index contributed by atoms with van der Waals surface area (Å²) in [6, 6.07) is 8.08. The average molecular weight is 340 g/mol. The third-order valence-corrected chi connectivity index (χ3v) is 5.99. The lowest BCUT2D eigenvalue weighted by Gasteiger charge is -2.34. The van der Waals surface area contributed by atoms with Crippen molar-refractivity contribution in [3.8, 4) is 5.75 Å². The molecule has 1 aliphatic rings. The van der Waals surface area contributed by atoms with Gasteiger partial charge in [0.05, 0.1) is 11.9 Å². The Morgan fingerprint density at radius 1 is 1.13 bits per heavy atom. The van der Waals surface area contributed by atoms with E-state index >= 15 is 0 Å². The molecule has 0 saturated carbocycles. The fraction of sp³-hybridized carbons (Fsp3) is 0.647. The van der Waals surface area contributed by atoms with E-state index in [1.165, 1.54) is 0 Å². The molecule has 0 unspecified atom stereocenters. The molecule has 23 heavy (non-hydrogen) atoms. The first-order valence-corrected chi connectivity index (χ1v) is 9.98. The molecule has 5 nitrogen and oxygen atoms in total. The molecule has 0 spiro atoms. The number of sulfonamides is 1. The minimum absolute atomic E-state index is 0.146. The van der Waals surface area contributed by atoms with Crippen LogP contribution in [0.15, 0.2) is 24.3 Å².